The number of carbonyl (C=O) groups is 3. The summed E-state index contributed by atoms with van der Waals surface area (Å²) < 4.78 is 5.81. The monoisotopic (exact) mass is 448 g/mol. The van der Waals surface area contributed by atoms with Crippen molar-refractivity contribution in [1.82, 2.24) is 10.2 Å². The molecule has 0 spiro atoms. The molecule has 0 heterocycles. The lowest BCUT2D eigenvalue weighted by Crippen LogP contribution is -2.77. The molecule has 6 nitrogen and oxygen atoms in total. The van der Waals surface area contributed by atoms with Gasteiger partial charge in [-0.3, -0.25) is 19.3 Å². The van der Waals surface area contributed by atoms with Crippen molar-refractivity contribution in [2.45, 2.75) is 43.1 Å². The van der Waals surface area contributed by atoms with Crippen LogP contribution in [0.15, 0.2) is 22.7 Å². The van der Waals surface area contributed by atoms with Gasteiger partial charge in [-0.1, -0.05) is 22.0 Å². The van der Waals surface area contributed by atoms with E-state index in [4.69, 9.17) is 4.74 Å². The van der Waals surface area contributed by atoms with Crippen LogP contribution in [0.25, 0.3) is 0 Å². The zero-order valence-electron chi connectivity index (χ0n) is 16.2. The van der Waals surface area contributed by atoms with Crippen LogP contribution in [0.2, 0.25) is 0 Å². The number of nitrogens with one attached hydrogen (secondary N) is 1. The predicted molar refractivity (Wildman–Crippen MR) is 107 cm³/mol. The Kier molecular flexibility index (Phi) is 4.66. The molecule has 1 amide bonds. The van der Waals surface area contributed by atoms with E-state index >= 15 is 0 Å². The van der Waals surface area contributed by atoms with Gasteiger partial charge in [-0.15, -0.1) is 0 Å². The summed E-state index contributed by atoms with van der Waals surface area (Å²) >= 11 is 3.50. The summed E-state index contributed by atoms with van der Waals surface area (Å²) in [5, 5.41) is 3.12. The first-order valence-corrected chi connectivity index (χ1v) is 10.4. The third-order valence-corrected chi connectivity index (χ3v) is 7.10. The van der Waals surface area contributed by atoms with Crippen molar-refractivity contribution in [1.29, 1.82) is 0 Å². The van der Waals surface area contributed by atoms with Gasteiger partial charge in [-0.2, -0.15) is 0 Å². The maximum absolute atomic E-state index is 12.5. The largest absolute Gasteiger partial charge is 0.469 e. The molecule has 0 radical (unpaired) electrons. The van der Waals surface area contributed by atoms with Crippen LogP contribution in [0.4, 0.5) is 0 Å². The molecule has 4 fully saturated rings. The summed E-state index contributed by atoms with van der Waals surface area (Å²) in [6.45, 7) is 1.04. The SMILES string of the molecule is COC(=O)C12CC(NC(=O)CN(C)CC3(c4cc(Br)ccc4C=O)CC3)(C1)C2. The van der Waals surface area contributed by atoms with Crippen LogP contribution in [0, 0.1) is 5.41 Å². The Hall–Kier alpha value is -1.73. The second-order valence-electron chi connectivity index (χ2n) is 8.93. The van der Waals surface area contributed by atoms with Crippen molar-refractivity contribution in [2.75, 3.05) is 27.2 Å². The van der Waals surface area contributed by atoms with E-state index in [9.17, 15) is 14.4 Å². The zero-order valence-corrected chi connectivity index (χ0v) is 17.8. The number of esters is 1. The molecule has 7 heteroatoms. The quantitative estimate of drug-likeness (QED) is 0.488. The number of halogens is 1. The minimum atomic E-state index is -0.349. The second kappa shape index (κ2) is 6.66. The number of aldehydes is 1. The Bertz CT molecular complexity index is 829. The number of likely N-dealkylation sites (N-methyl/N-ethyl adjacent to an activating group) is 1. The molecular weight excluding hydrogens is 424 g/mol. The lowest BCUT2D eigenvalue weighted by molar-refractivity contribution is -0.203. The van der Waals surface area contributed by atoms with E-state index in [1.807, 2.05) is 30.1 Å². The van der Waals surface area contributed by atoms with Gasteiger partial charge in [0.2, 0.25) is 5.91 Å². The van der Waals surface area contributed by atoms with Gasteiger partial charge in [0.15, 0.2) is 0 Å². The number of hydrogen-bond donors (Lipinski definition) is 1. The summed E-state index contributed by atoms with van der Waals surface area (Å²) in [7, 11) is 3.36. The molecule has 1 N–H and O–H groups in total. The lowest BCUT2D eigenvalue weighted by atomic mass is 9.39. The molecule has 0 saturated heterocycles. The van der Waals surface area contributed by atoms with E-state index in [1.165, 1.54) is 7.11 Å². The van der Waals surface area contributed by atoms with Crippen molar-refractivity contribution < 1.29 is 19.1 Å². The third-order valence-electron chi connectivity index (χ3n) is 6.61. The minimum Gasteiger partial charge on any atom is -0.469 e. The predicted octanol–water partition coefficient (Wildman–Crippen LogP) is 2.44. The van der Waals surface area contributed by atoms with Crippen molar-refractivity contribution in [3.8, 4) is 0 Å². The molecule has 28 heavy (non-hydrogen) atoms. The summed E-state index contributed by atoms with van der Waals surface area (Å²) in [6, 6.07) is 5.75. The normalized spacial score (nSPS) is 28.7. The summed E-state index contributed by atoms with van der Waals surface area (Å²) in [4.78, 5) is 37.8. The Balaban J connectivity index is 1.32. The van der Waals surface area contributed by atoms with Crippen LogP contribution in [0.1, 0.15) is 48.0 Å². The van der Waals surface area contributed by atoms with Crippen molar-refractivity contribution in [2.24, 2.45) is 5.41 Å². The maximum Gasteiger partial charge on any atom is 0.312 e. The van der Waals surface area contributed by atoms with Gasteiger partial charge in [0.25, 0.3) is 0 Å². The topological polar surface area (TPSA) is 75.7 Å². The van der Waals surface area contributed by atoms with Crippen LogP contribution in [-0.4, -0.2) is 55.8 Å². The molecule has 4 aliphatic carbocycles. The highest BCUT2D eigenvalue weighted by atomic mass is 79.9. The van der Waals surface area contributed by atoms with E-state index in [0.717, 1.165) is 41.3 Å². The first kappa shape index (κ1) is 19.6. The fourth-order valence-corrected chi connectivity index (χ4v) is 5.62. The highest BCUT2D eigenvalue weighted by molar-refractivity contribution is 9.10. The number of methoxy groups -OCH3 is 1. The smallest absolute Gasteiger partial charge is 0.312 e. The van der Waals surface area contributed by atoms with Gasteiger partial charge in [0.05, 0.1) is 19.1 Å². The standard InChI is InChI=1S/C21H25BrN2O4/c1-24(8-17(26)23-21-10-20(11-21,12-21)18(27)28-2)13-19(5-6-19)16-7-15(22)4-3-14(16)9-25/h3-4,7,9H,5-6,8,10-13H2,1-2H3,(H,23,26). The first-order chi connectivity index (χ1) is 13.3. The van der Waals surface area contributed by atoms with Gasteiger partial charge in [0.1, 0.15) is 6.29 Å². The van der Waals surface area contributed by atoms with Crippen molar-refractivity contribution >= 4 is 34.1 Å². The average Bonchev–Trinajstić information content (AvgIpc) is 3.36. The number of ether oxygens (including phenoxy) is 1. The highest BCUT2D eigenvalue weighted by Gasteiger charge is 2.73. The van der Waals surface area contributed by atoms with Crippen LogP contribution < -0.4 is 5.32 Å². The molecule has 0 aliphatic heterocycles. The Morgan fingerprint density at radius 3 is 2.54 bits per heavy atom. The van der Waals surface area contributed by atoms with E-state index in [0.29, 0.717) is 25.8 Å². The molecule has 0 atom stereocenters. The molecule has 5 rings (SSSR count). The molecule has 4 saturated carbocycles. The molecule has 1 aromatic rings. The van der Waals surface area contributed by atoms with E-state index in [1.54, 1.807) is 0 Å². The fraction of sp³-hybridized carbons (Fsp3) is 0.571. The Morgan fingerprint density at radius 2 is 1.96 bits per heavy atom. The summed E-state index contributed by atoms with van der Waals surface area (Å²) in [5.41, 5.74) is 1.17. The Labute approximate surface area is 173 Å². The van der Waals surface area contributed by atoms with Gasteiger partial charge < -0.3 is 10.1 Å². The molecule has 4 aliphatic rings. The van der Waals surface area contributed by atoms with Crippen molar-refractivity contribution in [3.05, 3.63) is 33.8 Å². The van der Waals surface area contributed by atoms with Crippen LogP contribution in [0.5, 0.6) is 0 Å². The number of carbonyl (C=O) groups excluding carboxylic acids is 3. The molecule has 150 valence electrons. The molecule has 1 aromatic carbocycles. The molecule has 0 unspecified atom stereocenters. The van der Waals surface area contributed by atoms with Crippen molar-refractivity contribution in [3.63, 3.8) is 0 Å². The molecule has 2 bridgehead atoms. The lowest BCUT2D eigenvalue weighted by Gasteiger charge is -2.68. The Morgan fingerprint density at radius 1 is 1.29 bits per heavy atom. The van der Waals surface area contributed by atoms with Gasteiger partial charge >= 0.3 is 5.97 Å². The number of hydrogen-bond acceptors (Lipinski definition) is 5. The zero-order chi connectivity index (χ0) is 20.2. The first-order valence-electron chi connectivity index (χ1n) is 9.59. The summed E-state index contributed by atoms with van der Waals surface area (Å²) in [5.74, 6) is -0.169. The maximum atomic E-state index is 12.5. The van der Waals surface area contributed by atoms with Gasteiger partial charge in [0, 0.05) is 27.5 Å². The second-order valence-corrected chi connectivity index (χ2v) is 9.85. The van der Waals surface area contributed by atoms with E-state index in [-0.39, 0.29) is 28.2 Å². The number of rotatable bonds is 8. The van der Waals surface area contributed by atoms with Crippen LogP contribution in [-0.2, 0) is 19.7 Å². The molecule has 0 aromatic heterocycles. The van der Waals surface area contributed by atoms with Crippen LogP contribution >= 0.6 is 15.9 Å². The van der Waals surface area contributed by atoms with Gasteiger partial charge in [-0.05, 0) is 56.8 Å². The highest BCUT2D eigenvalue weighted by Crippen LogP contribution is 2.67. The summed E-state index contributed by atoms with van der Waals surface area (Å²) in [6.07, 6.45) is 5.00. The number of nitrogens with zero attached hydrogens (tertiary/aromatic N) is 1. The van der Waals surface area contributed by atoms with E-state index in [2.05, 4.69) is 21.2 Å². The minimum absolute atomic E-state index is 0.0127. The third kappa shape index (κ3) is 3.18. The number of benzene rings is 1. The van der Waals surface area contributed by atoms with Crippen LogP contribution in [0.3, 0.4) is 0 Å². The molecular formula is C21H25BrN2O4. The fourth-order valence-electron chi connectivity index (χ4n) is 5.26. The number of amides is 1. The van der Waals surface area contributed by atoms with Gasteiger partial charge in [-0.25, -0.2) is 0 Å². The average molecular weight is 449 g/mol. The van der Waals surface area contributed by atoms with E-state index < -0.39 is 0 Å².